The quantitative estimate of drug-likeness (QED) is 0.368. The number of rotatable bonds is 5. The van der Waals surface area contributed by atoms with Crippen LogP contribution in [0.5, 0.6) is 0 Å². The van der Waals surface area contributed by atoms with E-state index in [-0.39, 0.29) is 11.8 Å². The summed E-state index contributed by atoms with van der Waals surface area (Å²) in [4.78, 5) is 28.2. The van der Waals surface area contributed by atoms with Gasteiger partial charge in [-0.05, 0) is 54.7 Å². The standard InChI is InChI=1S/C24H21N7OS/c32-23(26-11-14-2-1-7-25-10-14)15-3-5-18-20(9-15)33-24-21(18)22(27-13-28-24)30-17-4-6-19-16(8-17)12-29-31-19/h1-2,4,6-8,10,12-13,15H,3,5,9,11H2,(H,26,32)(H,29,31)(H,27,28,30). The number of carbonyl (C=O) groups excluding carboxylic acids is 1. The highest BCUT2D eigenvalue weighted by molar-refractivity contribution is 7.19. The monoisotopic (exact) mass is 455 g/mol. The van der Waals surface area contributed by atoms with Gasteiger partial charge in [0.15, 0.2) is 0 Å². The van der Waals surface area contributed by atoms with Crippen LogP contribution >= 0.6 is 11.3 Å². The fraction of sp³-hybridized carbons (Fsp3) is 0.208. The number of benzene rings is 1. The van der Waals surface area contributed by atoms with E-state index in [9.17, 15) is 4.79 Å². The molecule has 1 aliphatic rings. The van der Waals surface area contributed by atoms with Crippen LogP contribution in [0.15, 0.2) is 55.2 Å². The van der Waals surface area contributed by atoms with Gasteiger partial charge in [0, 0.05) is 40.8 Å². The van der Waals surface area contributed by atoms with Crippen LogP contribution in [0.3, 0.4) is 0 Å². The molecule has 1 amide bonds. The number of nitrogens with zero attached hydrogens (tertiary/aromatic N) is 4. The smallest absolute Gasteiger partial charge is 0.223 e. The largest absolute Gasteiger partial charge is 0.352 e. The van der Waals surface area contributed by atoms with Crippen molar-refractivity contribution in [2.75, 3.05) is 5.32 Å². The van der Waals surface area contributed by atoms with E-state index in [0.717, 1.165) is 57.5 Å². The van der Waals surface area contributed by atoms with Gasteiger partial charge < -0.3 is 10.6 Å². The van der Waals surface area contributed by atoms with E-state index in [1.54, 1.807) is 30.1 Å². The maximum atomic E-state index is 12.8. The first-order chi connectivity index (χ1) is 16.2. The summed E-state index contributed by atoms with van der Waals surface area (Å²) in [6, 6.07) is 9.91. The molecule has 0 fully saturated rings. The summed E-state index contributed by atoms with van der Waals surface area (Å²) >= 11 is 1.67. The molecule has 164 valence electrons. The van der Waals surface area contributed by atoms with Crippen molar-refractivity contribution in [1.82, 2.24) is 30.5 Å². The van der Waals surface area contributed by atoms with E-state index in [1.807, 2.05) is 36.5 Å². The Balaban J connectivity index is 1.23. The fourth-order valence-corrected chi connectivity index (χ4v) is 5.69. The molecule has 1 unspecified atom stereocenters. The summed E-state index contributed by atoms with van der Waals surface area (Å²) < 4.78 is 0. The highest BCUT2D eigenvalue weighted by Crippen LogP contribution is 2.40. The number of carbonyl (C=O) groups is 1. The van der Waals surface area contributed by atoms with Crippen LogP contribution in [0, 0.1) is 5.92 Å². The number of anilines is 2. The van der Waals surface area contributed by atoms with Crippen molar-refractivity contribution in [2.24, 2.45) is 5.92 Å². The lowest BCUT2D eigenvalue weighted by Crippen LogP contribution is -2.33. The normalized spacial score (nSPS) is 15.5. The zero-order valence-corrected chi connectivity index (χ0v) is 18.5. The first-order valence-electron chi connectivity index (χ1n) is 10.9. The zero-order valence-electron chi connectivity index (χ0n) is 17.7. The average molecular weight is 456 g/mol. The van der Waals surface area contributed by atoms with Crippen molar-refractivity contribution in [2.45, 2.75) is 25.8 Å². The van der Waals surface area contributed by atoms with Crippen LogP contribution in [0.1, 0.15) is 22.4 Å². The molecule has 0 saturated heterocycles. The molecule has 5 aromatic rings. The predicted molar refractivity (Wildman–Crippen MR) is 128 cm³/mol. The molecule has 9 heteroatoms. The average Bonchev–Trinajstić information content (AvgIpc) is 3.47. The third-order valence-corrected chi connectivity index (χ3v) is 7.27. The Hall–Kier alpha value is -3.85. The molecule has 4 aromatic heterocycles. The summed E-state index contributed by atoms with van der Waals surface area (Å²) in [7, 11) is 0. The third kappa shape index (κ3) is 3.80. The Morgan fingerprint density at radius 2 is 2.18 bits per heavy atom. The maximum Gasteiger partial charge on any atom is 0.223 e. The molecular weight excluding hydrogens is 434 g/mol. The lowest BCUT2D eigenvalue weighted by Gasteiger charge is -2.22. The maximum absolute atomic E-state index is 12.8. The van der Waals surface area contributed by atoms with Gasteiger partial charge in [-0.3, -0.25) is 14.9 Å². The minimum atomic E-state index is -0.0323. The number of aromatic amines is 1. The molecule has 1 atom stereocenters. The number of thiophene rings is 1. The van der Waals surface area contributed by atoms with Gasteiger partial charge in [-0.2, -0.15) is 5.10 Å². The second kappa shape index (κ2) is 8.25. The number of nitrogens with one attached hydrogen (secondary N) is 3. The van der Waals surface area contributed by atoms with Gasteiger partial charge in [0.2, 0.25) is 5.91 Å². The Labute approximate surface area is 193 Å². The minimum absolute atomic E-state index is 0.0323. The van der Waals surface area contributed by atoms with E-state index in [0.29, 0.717) is 6.54 Å². The second-order valence-corrected chi connectivity index (χ2v) is 9.31. The molecule has 0 aliphatic heterocycles. The molecule has 6 rings (SSSR count). The highest BCUT2D eigenvalue weighted by atomic mass is 32.1. The van der Waals surface area contributed by atoms with E-state index < -0.39 is 0 Å². The van der Waals surface area contributed by atoms with Crippen LogP contribution in [0.25, 0.3) is 21.1 Å². The van der Waals surface area contributed by atoms with Crippen LogP contribution in [-0.2, 0) is 24.2 Å². The van der Waals surface area contributed by atoms with Crippen molar-refractivity contribution < 1.29 is 4.79 Å². The molecule has 0 spiro atoms. The van der Waals surface area contributed by atoms with E-state index in [4.69, 9.17) is 0 Å². The van der Waals surface area contributed by atoms with Gasteiger partial charge in [-0.1, -0.05) is 6.07 Å². The Morgan fingerprint density at radius 1 is 1.21 bits per heavy atom. The first kappa shape index (κ1) is 19.8. The number of H-pyrrole nitrogens is 1. The fourth-order valence-electron chi connectivity index (χ4n) is 4.42. The second-order valence-electron chi connectivity index (χ2n) is 8.22. The molecule has 0 bridgehead atoms. The number of pyridine rings is 1. The summed E-state index contributed by atoms with van der Waals surface area (Å²) in [5.41, 5.74) is 4.21. The van der Waals surface area contributed by atoms with Crippen molar-refractivity contribution in [3.8, 4) is 0 Å². The number of aromatic nitrogens is 5. The van der Waals surface area contributed by atoms with Gasteiger partial charge >= 0.3 is 0 Å². The topological polar surface area (TPSA) is 108 Å². The van der Waals surface area contributed by atoms with Crippen LogP contribution in [0.2, 0.25) is 0 Å². The number of amides is 1. The summed E-state index contributed by atoms with van der Waals surface area (Å²) in [6.45, 7) is 0.503. The molecular formula is C24H21N7OS. The van der Waals surface area contributed by atoms with Gasteiger partial charge in [-0.15, -0.1) is 11.3 Å². The van der Waals surface area contributed by atoms with Gasteiger partial charge in [0.05, 0.1) is 17.1 Å². The molecule has 1 aliphatic carbocycles. The molecule has 33 heavy (non-hydrogen) atoms. The third-order valence-electron chi connectivity index (χ3n) is 6.11. The lowest BCUT2D eigenvalue weighted by molar-refractivity contribution is -0.125. The highest BCUT2D eigenvalue weighted by Gasteiger charge is 2.29. The summed E-state index contributed by atoms with van der Waals surface area (Å²) in [5.74, 6) is 0.870. The lowest BCUT2D eigenvalue weighted by atomic mass is 9.87. The number of aryl methyl sites for hydroxylation is 1. The Morgan fingerprint density at radius 3 is 3.09 bits per heavy atom. The number of hydrogen-bond acceptors (Lipinski definition) is 7. The molecule has 8 nitrogen and oxygen atoms in total. The van der Waals surface area contributed by atoms with Gasteiger partial charge in [0.25, 0.3) is 0 Å². The van der Waals surface area contributed by atoms with Crippen LogP contribution in [0.4, 0.5) is 11.5 Å². The SMILES string of the molecule is O=C(NCc1cccnc1)C1CCc2c(sc3ncnc(Nc4ccc5[nH]ncc5c4)c23)C1. The molecule has 4 heterocycles. The van der Waals surface area contributed by atoms with E-state index in [2.05, 4.69) is 35.8 Å². The van der Waals surface area contributed by atoms with Crippen molar-refractivity contribution in [3.63, 3.8) is 0 Å². The summed E-state index contributed by atoms with van der Waals surface area (Å²) in [5, 5.41) is 15.7. The van der Waals surface area contributed by atoms with Crippen molar-refractivity contribution in [1.29, 1.82) is 0 Å². The first-order valence-corrected chi connectivity index (χ1v) is 11.7. The van der Waals surface area contributed by atoms with Crippen molar-refractivity contribution in [3.05, 3.63) is 71.3 Å². The Bertz CT molecular complexity index is 1460. The molecule has 3 N–H and O–H groups in total. The Kier molecular flexibility index (Phi) is 4.95. The summed E-state index contributed by atoms with van der Waals surface area (Å²) in [6.07, 6.45) is 9.30. The van der Waals surface area contributed by atoms with Crippen LogP contribution in [-0.4, -0.2) is 31.1 Å². The predicted octanol–water partition coefficient (Wildman–Crippen LogP) is 4.13. The van der Waals surface area contributed by atoms with Crippen LogP contribution < -0.4 is 10.6 Å². The van der Waals surface area contributed by atoms with Crippen molar-refractivity contribution >= 4 is 49.9 Å². The zero-order chi connectivity index (χ0) is 22.2. The van der Waals surface area contributed by atoms with E-state index >= 15 is 0 Å². The van der Waals surface area contributed by atoms with Gasteiger partial charge in [0.1, 0.15) is 17.0 Å². The van der Waals surface area contributed by atoms with E-state index in [1.165, 1.54) is 10.4 Å². The van der Waals surface area contributed by atoms with Gasteiger partial charge in [-0.25, -0.2) is 9.97 Å². The molecule has 1 aromatic carbocycles. The molecule has 0 saturated carbocycles. The minimum Gasteiger partial charge on any atom is -0.352 e. The number of fused-ring (bicyclic) bond motifs is 4. The molecule has 0 radical (unpaired) electrons. The number of hydrogen-bond donors (Lipinski definition) is 3.